The molecule has 2 atom stereocenters. The first-order valence-electron chi connectivity index (χ1n) is 14.0. The Kier molecular flexibility index (Phi) is 7.01. The highest BCUT2D eigenvalue weighted by atomic mass is 35.5. The van der Waals surface area contributed by atoms with Crippen molar-refractivity contribution < 1.29 is 18.6 Å². The van der Waals surface area contributed by atoms with Gasteiger partial charge in [-0.25, -0.2) is 9.37 Å². The molecule has 2 aromatic heterocycles. The number of para-hydroxylation sites is 1. The van der Waals surface area contributed by atoms with Crippen LogP contribution in [-0.2, 0) is 23.6 Å². The zero-order valence-electron chi connectivity index (χ0n) is 22.7. The van der Waals surface area contributed by atoms with Crippen molar-refractivity contribution >= 4 is 34.4 Å². The SMILES string of the molecule is C[C@]1(c2ccc(Cl)cc2F)Oc2cccc(C3CCN(Cc4nc5cc(Cl)nnc5n4C[C@H]4CCOC4)CC3)c2O1. The van der Waals surface area contributed by atoms with Crippen molar-refractivity contribution in [3.05, 3.63) is 75.4 Å². The van der Waals surface area contributed by atoms with E-state index >= 15 is 0 Å². The Hall–Kier alpha value is -2.98. The van der Waals surface area contributed by atoms with Gasteiger partial charge in [-0.2, -0.15) is 0 Å². The number of ether oxygens (including phenoxy) is 3. The van der Waals surface area contributed by atoms with Crippen molar-refractivity contribution in [1.29, 1.82) is 0 Å². The second-order valence-electron chi connectivity index (χ2n) is 11.2. The molecule has 2 fully saturated rings. The Morgan fingerprint density at radius 2 is 1.90 bits per heavy atom. The number of benzene rings is 2. The van der Waals surface area contributed by atoms with Crippen LogP contribution in [0.3, 0.4) is 0 Å². The lowest BCUT2D eigenvalue weighted by Crippen LogP contribution is -2.34. The van der Waals surface area contributed by atoms with Crippen LogP contribution in [0.1, 0.15) is 49.1 Å². The van der Waals surface area contributed by atoms with Crippen molar-refractivity contribution in [1.82, 2.24) is 24.6 Å². The lowest BCUT2D eigenvalue weighted by atomic mass is 9.88. The molecular weight excluding hydrogens is 568 g/mol. The molecule has 0 spiro atoms. The van der Waals surface area contributed by atoms with Gasteiger partial charge in [-0.3, -0.25) is 4.90 Å². The highest BCUT2D eigenvalue weighted by Crippen LogP contribution is 2.49. The van der Waals surface area contributed by atoms with Gasteiger partial charge in [0.1, 0.15) is 17.2 Å². The van der Waals surface area contributed by atoms with Gasteiger partial charge in [-0.05, 0) is 62.5 Å². The van der Waals surface area contributed by atoms with Crippen LogP contribution in [0.5, 0.6) is 11.5 Å². The minimum Gasteiger partial charge on any atom is -0.444 e. The molecule has 2 saturated heterocycles. The van der Waals surface area contributed by atoms with E-state index in [1.165, 1.54) is 6.07 Å². The number of nitrogens with zero attached hydrogens (tertiary/aromatic N) is 5. The van der Waals surface area contributed by atoms with Crippen LogP contribution in [0.25, 0.3) is 11.2 Å². The Labute approximate surface area is 247 Å². The molecule has 4 aromatic rings. The number of hydrogen-bond donors (Lipinski definition) is 0. The van der Waals surface area contributed by atoms with Crippen molar-refractivity contribution in [3.8, 4) is 11.5 Å². The first-order chi connectivity index (χ1) is 19.9. The fraction of sp³-hybridized carbons (Fsp3) is 0.433. The summed E-state index contributed by atoms with van der Waals surface area (Å²) in [6, 6.07) is 12.3. The molecule has 0 unspecified atom stereocenters. The van der Waals surface area contributed by atoms with Gasteiger partial charge in [0.25, 0.3) is 5.79 Å². The molecule has 0 saturated carbocycles. The third kappa shape index (κ3) is 5.14. The maximum absolute atomic E-state index is 14.8. The Morgan fingerprint density at radius 1 is 1.05 bits per heavy atom. The lowest BCUT2D eigenvalue weighted by molar-refractivity contribution is -0.0712. The molecule has 0 amide bonds. The molecule has 5 heterocycles. The molecule has 8 nitrogen and oxygen atoms in total. The van der Waals surface area contributed by atoms with Crippen LogP contribution in [0.15, 0.2) is 42.5 Å². The van der Waals surface area contributed by atoms with E-state index in [9.17, 15) is 4.39 Å². The van der Waals surface area contributed by atoms with E-state index in [2.05, 4.69) is 25.7 Å². The summed E-state index contributed by atoms with van der Waals surface area (Å²) in [5, 5.41) is 9.12. The summed E-state index contributed by atoms with van der Waals surface area (Å²) in [7, 11) is 0. The quantitative estimate of drug-likeness (QED) is 0.257. The summed E-state index contributed by atoms with van der Waals surface area (Å²) in [4.78, 5) is 7.34. The molecule has 3 aliphatic rings. The first kappa shape index (κ1) is 26.9. The average Bonchev–Trinajstić information content (AvgIpc) is 3.67. The van der Waals surface area contributed by atoms with E-state index in [1.54, 1.807) is 25.1 Å². The van der Waals surface area contributed by atoms with Crippen molar-refractivity contribution in [2.24, 2.45) is 5.92 Å². The van der Waals surface area contributed by atoms with Gasteiger partial charge in [0.05, 0.1) is 18.7 Å². The number of rotatable bonds is 6. The van der Waals surface area contributed by atoms with Gasteiger partial charge in [0.15, 0.2) is 22.3 Å². The molecule has 0 N–H and O–H groups in total. The summed E-state index contributed by atoms with van der Waals surface area (Å²) in [6.07, 6.45) is 2.94. The fourth-order valence-electron chi connectivity index (χ4n) is 6.29. The molecule has 0 radical (unpaired) electrons. The third-order valence-electron chi connectivity index (χ3n) is 8.43. The van der Waals surface area contributed by atoms with Crippen molar-refractivity contribution in [3.63, 3.8) is 0 Å². The summed E-state index contributed by atoms with van der Waals surface area (Å²) >= 11 is 12.1. The highest BCUT2D eigenvalue weighted by Gasteiger charge is 2.43. The molecule has 2 aromatic carbocycles. The van der Waals surface area contributed by atoms with Crippen LogP contribution in [0.2, 0.25) is 10.2 Å². The number of likely N-dealkylation sites (tertiary alicyclic amines) is 1. The molecule has 0 aliphatic carbocycles. The van der Waals surface area contributed by atoms with Gasteiger partial charge in [-0.15, -0.1) is 10.2 Å². The van der Waals surface area contributed by atoms with Gasteiger partial charge in [-0.1, -0.05) is 35.3 Å². The van der Waals surface area contributed by atoms with Crippen LogP contribution in [0.4, 0.5) is 4.39 Å². The minimum atomic E-state index is -1.26. The van der Waals surface area contributed by atoms with E-state index in [-0.39, 0.29) is 0 Å². The van der Waals surface area contributed by atoms with Gasteiger partial charge in [0.2, 0.25) is 0 Å². The standard InChI is InChI=1S/C30H30Cl2FN5O3/c1-30(22-6-5-20(31)13-23(22)33)40-25-4-2-3-21(28(25)41-30)19-7-10-37(11-8-19)16-27-34-24-14-26(32)35-36-29(24)38(27)15-18-9-12-39-17-18/h2-6,13-14,18-19H,7-12,15-17H2,1H3/t18-,30+/m1/s1. The van der Waals surface area contributed by atoms with Crippen molar-refractivity contribution in [2.75, 3.05) is 26.3 Å². The monoisotopic (exact) mass is 597 g/mol. The molecule has 0 bridgehead atoms. The summed E-state index contributed by atoms with van der Waals surface area (Å²) in [6.45, 7) is 6.62. The van der Waals surface area contributed by atoms with Crippen LogP contribution >= 0.6 is 23.2 Å². The average molecular weight is 599 g/mol. The maximum Gasteiger partial charge on any atom is 0.278 e. The predicted octanol–water partition coefficient (Wildman–Crippen LogP) is 6.33. The summed E-state index contributed by atoms with van der Waals surface area (Å²) < 4.78 is 35.2. The van der Waals surface area contributed by atoms with Gasteiger partial charge in [0, 0.05) is 42.6 Å². The predicted molar refractivity (Wildman–Crippen MR) is 153 cm³/mol. The number of imidazole rings is 1. The van der Waals surface area contributed by atoms with Gasteiger partial charge >= 0.3 is 0 Å². The smallest absolute Gasteiger partial charge is 0.278 e. The van der Waals surface area contributed by atoms with E-state index in [0.29, 0.717) is 45.6 Å². The van der Waals surface area contributed by atoms with Gasteiger partial charge < -0.3 is 18.8 Å². The Morgan fingerprint density at radius 3 is 2.68 bits per heavy atom. The van der Waals surface area contributed by atoms with E-state index < -0.39 is 11.6 Å². The normalized spacial score (nSPS) is 23.1. The maximum atomic E-state index is 14.8. The second-order valence-corrected chi connectivity index (χ2v) is 12.1. The zero-order valence-corrected chi connectivity index (χ0v) is 24.2. The highest BCUT2D eigenvalue weighted by molar-refractivity contribution is 6.30. The number of hydrogen-bond acceptors (Lipinski definition) is 7. The molecule has 41 heavy (non-hydrogen) atoms. The first-order valence-corrected chi connectivity index (χ1v) is 14.8. The van der Waals surface area contributed by atoms with Crippen LogP contribution < -0.4 is 9.47 Å². The minimum absolute atomic E-state index is 0.293. The number of aromatic nitrogens is 4. The molecule has 7 rings (SSSR count). The van der Waals surface area contributed by atoms with Crippen molar-refractivity contribution in [2.45, 2.75) is 51.0 Å². The lowest BCUT2D eigenvalue weighted by Gasteiger charge is -2.32. The third-order valence-corrected chi connectivity index (χ3v) is 8.85. The Bertz CT molecular complexity index is 1600. The molecule has 214 valence electrons. The Balaban J connectivity index is 1.07. The van der Waals surface area contributed by atoms with E-state index in [4.69, 9.17) is 42.4 Å². The molecule has 11 heteroatoms. The molecule has 3 aliphatic heterocycles. The number of halogens is 3. The van der Waals surface area contributed by atoms with Crippen LogP contribution in [0, 0.1) is 11.7 Å². The fourth-order valence-corrected chi connectivity index (χ4v) is 6.59. The van der Waals surface area contributed by atoms with Crippen LogP contribution in [-0.4, -0.2) is 51.0 Å². The summed E-state index contributed by atoms with van der Waals surface area (Å²) in [5.41, 5.74) is 2.95. The zero-order chi connectivity index (χ0) is 28.1. The second kappa shape index (κ2) is 10.7. The topological polar surface area (TPSA) is 74.5 Å². The number of piperidine rings is 1. The number of fused-ring (bicyclic) bond motifs is 2. The summed E-state index contributed by atoms with van der Waals surface area (Å²) in [5.74, 6) is 1.31. The largest absolute Gasteiger partial charge is 0.444 e. The van der Waals surface area contributed by atoms with E-state index in [0.717, 1.165) is 74.7 Å². The van der Waals surface area contributed by atoms with E-state index in [1.807, 2.05) is 12.1 Å². The molecular formula is C30H30Cl2FN5O3.